The van der Waals surface area contributed by atoms with Crippen molar-refractivity contribution in [2.24, 2.45) is 0 Å². The van der Waals surface area contributed by atoms with Crippen molar-refractivity contribution in [1.29, 1.82) is 0 Å². The Morgan fingerprint density at radius 3 is 2.74 bits per heavy atom. The highest BCUT2D eigenvalue weighted by molar-refractivity contribution is 5.96. The minimum atomic E-state index is -4.47. The largest absolute Gasteiger partial charge is 0.416 e. The van der Waals surface area contributed by atoms with Crippen LogP contribution in [0.15, 0.2) is 53.2 Å². The first kappa shape index (κ1) is 17.2. The van der Waals surface area contributed by atoms with Crippen LogP contribution in [0.3, 0.4) is 0 Å². The lowest BCUT2D eigenvalue weighted by molar-refractivity contribution is -0.137. The van der Waals surface area contributed by atoms with Crippen molar-refractivity contribution in [3.63, 3.8) is 0 Å². The fourth-order valence-electron chi connectivity index (χ4n) is 2.97. The molecular weight excluding hydrogens is 361 g/mol. The number of hydrogen-bond acceptors (Lipinski definition) is 5. The highest BCUT2D eigenvalue weighted by Crippen LogP contribution is 2.35. The summed E-state index contributed by atoms with van der Waals surface area (Å²) >= 11 is 0. The maximum atomic E-state index is 12.9. The van der Waals surface area contributed by atoms with Crippen LogP contribution in [0.1, 0.15) is 23.8 Å². The third kappa shape index (κ3) is 3.40. The van der Waals surface area contributed by atoms with E-state index in [1.807, 2.05) is 0 Å². The molecule has 9 heteroatoms. The molecule has 27 heavy (non-hydrogen) atoms. The number of carbonyl (C=O) groups excluding carboxylic acids is 1. The fraction of sp³-hybridized carbons (Fsp3) is 0.222. The molecule has 6 nitrogen and oxygen atoms in total. The molecule has 138 valence electrons. The number of pyridine rings is 1. The van der Waals surface area contributed by atoms with E-state index < -0.39 is 17.7 Å². The van der Waals surface area contributed by atoms with Gasteiger partial charge in [-0.2, -0.15) is 18.2 Å². The molecule has 4 rings (SSSR count). The molecular formula is C18H13F3N4O2. The predicted octanol–water partition coefficient (Wildman–Crippen LogP) is 3.67. The van der Waals surface area contributed by atoms with Crippen LogP contribution in [0.2, 0.25) is 0 Å². The smallest absolute Gasteiger partial charge is 0.339 e. The van der Waals surface area contributed by atoms with Gasteiger partial charge in [-0.25, -0.2) is 0 Å². The number of aromatic nitrogens is 3. The number of benzene rings is 1. The molecule has 3 heterocycles. The molecule has 0 bridgehead atoms. The van der Waals surface area contributed by atoms with Gasteiger partial charge in [-0.15, -0.1) is 0 Å². The van der Waals surface area contributed by atoms with Gasteiger partial charge >= 0.3 is 6.18 Å². The summed E-state index contributed by atoms with van der Waals surface area (Å²) in [5.41, 5.74) is -0.0696. The summed E-state index contributed by atoms with van der Waals surface area (Å²) in [5, 5.41) is 3.87. The summed E-state index contributed by atoms with van der Waals surface area (Å²) in [5.74, 6) is -0.122. The van der Waals surface area contributed by atoms with Gasteiger partial charge in [0.1, 0.15) is 5.69 Å². The quantitative estimate of drug-likeness (QED) is 0.699. The Bertz CT molecular complexity index is 972. The molecule has 1 aliphatic rings. The number of rotatable bonds is 3. The lowest BCUT2D eigenvalue weighted by Gasteiger charge is -2.17. The molecule has 0 aliphatic carbocycles. The van der Waals surface area contributed by atoms with Crippen molar-refractivity contribution >= 4 is 11.6 Å². The Kier molecular flexibility index (Phi) is 4.14. The first-order valence-corrected chi connectivity index (χ1v) is 8.14. The average molecular weight is 374 g/mol. The highest BCUT2D eigenvalue weighted by atomic mass is 19.4. The summed E-state index contributed by atoms with van der Waals surface area (Å²) < 4.78 is 44.0. The Balaban J connectivity index is 1.56. The molecule has 1 saturated heterocycles. The van der Waals surface area contributed by atoms with Crippen LogP contribution in [0.25, 0.3) is 11.5 Å². The van der Waals surface area contributed by atoms with E-state index in [2.05, 4.69) is 15.1 Å². The fourth-order valence-corrected chi connectivity index (χ4v) is 2.97. The van der Waals surface area contributed by atoms with Crippen molar-refractivity contribution in [2.45, 2.75) is 18.5 Å². The molecule has 1 aliphatic heterocycles. The lowest BCUT2D eigenvalue weighted by Crippen LogP contribution is -2.24. The maximum absolute atomic E-state index is 12.9. The minimum Gasteiger partial charge on any atom is -0.339 e. The molecule has 2 aromatic heterocycles. The molecule has 1 amide bonds. The van der Waals surface area contributed by atoms with Crippen LogP contribution in [-0.2, 0) is 11.0 Å². The van der Waals surface area contributed by atoms with E-state index in [4.69, 9.17) is 4.52 Å². The van der Waals surface area contributed by atoms with Gasteiger partial charge in [0.2, 0.25) is 17.6 Å². The second kappa shape index (κ2) is 6.49. The van der Waals surface area contributed by atoms with Gasteiger partial charge in [0.15, 0.2) is 0 Å². The monoisotopic (exact) mass is 374 g/mol. The van der Waals surface area contributed by atoms with Crippen LogP contribution >= 0.6 is 0 Å². The van der Waals surface area contributed by atoms with E-state index in [1.54, 1.807) is 24.4 Å². The predicted molar refractivity (Wildman–Crippen MR) is 88.7 cm³/mol. The molecule has 3 aromatic rings. The number of carbonyl (C=O) groups is 1. The van der Waals surface area contributed by atoms with Gasteiger partial charge in [0.25, 0.3) is 0 Å². The number of amides is 1. The van der Waals surface area contributed by atoms with Gasteiger partial charge < -0.3 is 9.42 Å². The van der Waals surface area contributed by atoms with E-state index in [1.165, 1.54) is 17.0 Å². The molecule has 1 unspecified atom stereocenters. The number of hydrogen-bond donors (Lipinski definition) is 0. The summed E-state index contributed by atoms with van der Waals surface area (Å²) in [7, 11) is 0. The molecule has 1 atom stereocenters. The van der Waals surface area contributed by atoms with E-state index in [0.717, 1.165) is 12.1 Å². The second-order valence-corrected chi connectivity index (χ2v) is 6.12. The SMILES string of the molecule is O=C1CC(c2nc(-c3ccccn3)no2)CN1c1cccc(C(F)(F)F)c1. The number of nitrogens with zero attached hydrogens (tertiary/aromatic N) is 4. The molecule has 1 aromatic carbocycles. The van der Waals surface area contributed by atoms with Crippen molar-refractivity contribution in [2.75, 3.05) is 11.4 Å². The highest BCUT2D eigenvalue weighted by Gasteiger charge is 2.37. The van der Waals surface area contributed by atoms with Crippen molar-refractivity contribution < 1.29 is 22.5 Å². The maximum Gasteiger partial charge on any atom is 0.416 e. The van der Waals surface area contributed by atoms with Crippen LogP contribution in [-0.4, -0.2) is 27.6 Å². The second-order valence-electron chi connectivity index (χ2n) is 6.12. The third-order valence-corrected chi connectivity index (χ3v) is 4.30. The van der Waals surface area contributed by atoms with E-state index >= 15 is 0 Å². The standard InChI is InChI=1S/C18H13F3N4O2/c19-18(20,21)12-4-3-5-13(9-12)25-10-11(8-15(25)26)17-23-16(24-27-17)14-6-1-2-7-22-14/h1-7,9,11H,8,10H2. The van der Waals surface area contributed by atoms with Crippen LogP contribution in [0, 0.1) is 0 Å². The van der Waals surface area contributed by atoms with Crippen LogP contribution in [0.5, 0.6) is 0 Å². The number of halogens is 3. The normalized spacial score (nSPS) is 17.5. The Labute approximate surface area is 151 Å². The zero-order valence-electron chi connectivity index (χ0n) is 13.8. The van der Waals surface area contributed by atoms with Gasteiger partial charge in [-0.05, 0) is 30.3 Å². The summed E-state index contributed by atoms with van der Waals surface area (Å²) in [4.78, 5) is 22.1. The van der Waals surface area contributed by atoms with Crippen LogP contribution < -0.4 is 4.90 Å². The van der Waals surface area contributed by atoms with Gasteiger partial charge in [-0.1, -0.05) is 17.3 Å². The summed E-state index contributed by atoms with van der Waals surface area (Å²) in [6.45, 7) is 0.171. The zero-order chi connectivity index (χ0) is 19.0. The molecule has 1 fully saturated rings. The Hall–Kier alpha value is -3.23. The van der Waals surface area contributed by atoms with Gasteiger partial charge in [0.05, 0.1) is 11.5 Å². The third-order valence-electron chi connectivity index (χ3n) is 4.30. The molecule has 0 saturated carbocycles. The van der Waals surface area contributed by atoms with E-state index in [0.29, 0.717) is 11.5 Å². The molecule has 0 spiro atoms. The average Bonchev–Trinajstić information content (AvgIpc) is 3.29. The number of alkyl halides is 3. The van der Waals surface area contributed by atoms with Crippen molar-refractivity contribution in [1.82, 2.24) is 15.1 Å². The zero-order valence-corrected chi connectivity index (χ0v) is 13.8. The number of anilines is 1. The Morgan fingerprint density at radius 1 is 1.15 bits per heavy atom. The first-order chi connectivity index (χ1) is 12.9. The van der Waals surface area contributed by atoms with Crippen molar-refractivity contribution in [3.8, 4) is 11.5 Å². The van der Waals surface area contributed by atoms with E-state index in [9.17, 15) is 18.0 Å². The van der Waals surface area contributed by atoms with Gasteiger partial charge in [0, 0.05) is 24.8 Å². The van der Waals surface area contributed by atoms with Crippen molar-refractivity contribution in [3.05, 3.63) is 60.1 Å². The van der Waals surface area contributed by atoms with E-state index in [-0.39, 0.29) is 30.5 Å². The minimum absolute atomic E-state index is 0.0834. The lowest BCUT2D eigenvalue weighted by atomic mass is 10.1. The summed E-state index contributed by atoms with van der Waals surface area (Å²) in [6, 6.07) is 9.96. The van der Waals surface area contributed by atoms with Gasteiger partial charge in [-0.3, -0.25) is 9.78 Å². The molecule has 0 radical (unpaired) electrons. The van der Waals surface area contributed by atoms with Crippen LogP contribution in [0.4, 0.5) is 18.9 Å². The summed E-state index contributed by atoms with van der Waals surface area (Å²) in [6.07, 6.45) is -2.79. The Morgan fingerprint density at radius 2 is 2.00 bits per heavy atom. The topological polar surface area (TPSA) is 72.1 Å². The first-order valence-electron chi connectivity index (χ1n) is 8.14. The molecule has 0 N–H and O–H groups in total.